The summed E-state index contributed by atoms with van der Waals surface area (Å²) in [6.07, 6.45) is 1.33. The van der Waals surface area contributed by atoms with E-state index in [1.165, 1.54) is 13.4 Å². The second-order valence-electron chi connectivity index (χ2n) is 4.02. The number of carbonyl (C=O) groups is 1. The summed E-state index contributed by atoms with van der Waals surface area (Å²) in [5.74, 6) is 0.394. The molecule has 0 spiro atoms. The Hall–Kier alpha value is -1.45. The van der Waals surface area contributed by atoms with Gasteiger partial charge in [0, 0.05) is 11.5 Å². The van der Waals surface area contributed by atoms with Crippen LogP contribution in [0.4, 0.5) is 0 Å². The summed E-state index contributed by atoms with van der Waals surface area (Å²) < 4.78 is 4.91. The first-order valence-electron chi connectivity index (χ1n) is 4.36. The van der Waals surface area contributed by atoms with Crippen molar-refractivity contribution in [2.24, 2.45) is 5.41 Å². The molecule has 0 saturated heterocycles. The second-order valence-corrected chi connectivity index (χ2v) is 4.02. The molecule has 4 nitrogen and oxygen atoms in total. The first-order valence-corrected chi connectivity index (χ1v) is 4.36. The molecule has 1 rings (SSSR count). The van der Waals surface area contributed by atoms with Crippen LogP contribution in [0.15, 0.2) is 12.4 Å². The molecule has 14 heavy (non-hydrogen) atoms. The van der Waals surface area contributed by atoms with Crippen LogP contribution in [0.5, 0.6) is 5.88 Å². The number of methoxy groups -OCH3 is 1. The van der Waals surface area contributed by atoms with Gasteiger partial charge in [0.1, 0.15) is 12.0 Å². The number of ether oxygens (including phenoxy) is 1. The predicted octanol–water partition coefficient (Wildman–Crippen LogP) is 1.71. The van der Waals surface area contributed by atoms with Crippen molar-refractivity contribution in [3.63, 3.8) is 0 Å². The van der Waals surface area contributed by atoms with Crippen LogP contribution < -0.4 is 4.74 Å². The Bertz CT molecular complexity index is 342. The molecule has 0 aliphatic heterocycles. The molecule has 1 aromatic heterocycles. The Morgan fingerprint density at radius 1 is 1.36 bits per heavy atom. The SMILES string of the molecule is COc1cc(C(=O)C(C)(C)C)ncn1. The zero-order valence-electron chi connectivity index (χ0n) is 8.87. The summed E-state index contributed by atoms with van der Waals surface area (Å²) in [6.45, 7) is 5.55. The highest BCUT2D eigenvalue weighted by Gasteiger charge is 2.24. The predicted molar refractivity (Wildman–Crippen MR) is 52.4 cm³/mol. The maximum atomic E-state index is 11.8. The van der Waals surface area contributed by atoms with E-state index in [-0.39, 0.29) is 5.78 Å². The molecule has 76 valence electrons. The number of ketones is 1. The number of hydrogen-bond acceptors (Lipinski definition) is 4. The average Bonchev–Trinajstić information content (AvgIpc) is 2.15. The highest BCUT2D eigenvalue weighted by molar-refractivity contribution is 5.98. The fourth-order valence-electron chi connectivity index (χ4n) is 0.959. The summed E-state index contributed by atoms with van der Waals surface area (Å²) in [5.41, 5.74) is -0.0383. The lowest BCUT2D eigenvalue weighted by atomic mass is 9.89. The van der Waals surface area contributed by atoms with E-state index in [2.05, 4.69) is 9.97 Å². The van der Waals surface area contributed by atoms with Crippen molar-refractivity contribution in [2.45, 2.75) is 20.8 Å². The van der Waals surface area contributed by atoms with Gasteiger partial charge in [0.25, 0.3) is 0 Å². The van der Waals surface area contributed by atoms with Crippen LogP contribution in [0.3, 0.4) is 0 Å². The molecule has 0 amide bonds. The number of Topliss-reactive ketones (excluding diaryl/α,β-unsaturated/α-hetero) is 1. The van der Waals surface area contributed by atoms with Crippen molar-refractivity contribution < 1.29 is 9.53 Å². The highest BCUT2D eigenvalue weighted by atomic mass is 16.5. The van der Waals surface area contributed by atoms with Crippen molar-refractivity contribution >= 4 is 5.78 Å². The molecule has 1 aromatic rings. The van der Waals surface area contributed by atoms with Gasteiger partial charge in [-0.15, -0.1) is 0 Å². The summed E-state index contributed by atoms with van der Waals surface area (Å²) >= 11 is 0. The molecule has 0 atom stereocenters. The molecule has 0 fully saturated rings. The van der Waals surface area contributed by atoms with Gasteiger partial charge in [-0.1, -0.05) is 20.8 Å². The van der Waals surface area contributed by atoms with Gasteiger partial charge < -0.3 is 4.74 Å². The topological polar surface area (TPSA) is 52.1 Å². The summed E-state index contributed by atoms with van der Waals surface area (Å²) in [7, 11) is 1.51. The van der Waals surface area contributed by atoms with Crippen LogP contribution in [-0.4, -0.2) is 22.9 Å². The lowest BCUT2D eigenvalue weighted by Gasteiger charge is -2.15. The molecule has 0 radical (unpaired) electrons. The fraction of sp³-hybridized carbons (Fsp3) is 0.500. The zero-order valence-corrected chi connectivity index (χ0v) is 8.87. The molecule has 0 saturated carbocycles. The van der Waals surface area contributed by atoms with Gasteiger partial charge in [0.2, 0.25) is 5.88 Å². The van der Waals surface area contributed by atoms with Crippen molar-refractivity contribution in [1.82, 2.24) is 9.97 Å². The molecule has 4 heteroatoms. The maximum Gasteiger partial charge on any atom is 0.216 e. The van der Waals surface area contributed by atoms with E-state index in [1.54, 1.807) is 6.07 Å². The van der Waals surface area contributed by atoms with E-state index < -0.39 is 5.41 Å². The third kappa shape index (κ3) is 2.28. The van der Waals surface area contributed by atoms with Gasteiger partial charge in [-0.25, -0.2) is 9.97 Å². The fourth-order valence-corrected chi connectivity index (χ4v) is 0.959. The number of rotatable bonds is 2. The van der Waals surface area contributed by atoms with Gasteiger partial charge in [0.15, 0.2) is 5.78 Å². The van der Waals surface area contributed by atoms with E-state index in [0.717, 1.165) is 0 Å². The van der Waals surface area contributed by atoms with Crippen LogP contribution in [0.25, 0.3) is 0 Å². The normalized spacial score (nSPS) is 11.1. The second kappa shape index (κ2) is 3.74. The largest absolute Gasteiger partial charge is 0.481 e. The Kier molecular flexibility index (Phi) is 2.84. The molecule has 0 aliphatic carbocycles. The van der Waals surface area contributed by atoms with E-state index in [1.807, 2.05) is 20.8 Å². The van der Waals surface area contributed by atoms with Crippen LogP contribution in [0.2, 0.25) is 0 Å². The Morgan fingerprint density at radius 3 is 2.50 bits per heavy atom. The zero-order chi connectivity index (χ0) is 10.8. The third-order valence-electron chi connectivity index (χ3n) is 1.76. The molecule has 0 N–H and O–H groups in total. The Balaban J connectivity index is 3.02. The minimum Gasteiger partial charge on any atom is -0.481 e. The molecule has 1 heterocycles. The Labute approximate surface area is 83.3 Å². The first kappa shape index (κ1) is 10.6. The molecular weight excluding hydrogens is 180 g/mol. The van der Waals surface area contributed by atoms with Gasteiger partial charge in [-0.05, 0) is 0 Å². The van der Waals surface area contributed by atoms with Crippen molar-refractivity contribution in [3.8, 4) is 5.88 Å². The van der Waals surface area contributed by atoms with Crippen molar-refractivity contribution in [2.75, 3.05) is 7.11 Å². The van der Waals surface area contributed by atoms with E-state index in [0.29, 0.717) is 11.6 Å². The van der Waals surface area contributed by atoms with Crippen LogP contribution in [0.1, 0.15) is 31.3 Å². The van der Waals surface area contributed by atoms with E-state index in [9.17, 15) is 4.79 Å². The highest BCUT2D eigenvalue weighted by Crippen LogP contribution is 2.20. The smallest absolute Gasteiger partial charge is 0.216 e. The number of carbonyl (C=O) groups excluding carboxylic acids is 1. The lowest BCUT2D eigenvalue weighted by molar-refractivity contribution is 0.0852. The van der Waals surface area contributed by atoms with Gasteiger partial charge in [-0.2, -0.15) is 0 Å². The minimum atomic E-state index is -0.431. The number of hydrogen-bond donors (Lipinski definition) is 0. The summed E-state index contributed by atoms with van der Waals surface area (Å²) in [5, 5.41) is 0. The van der Waals surface area contributed by atoms with Gasteiger partial charge in [0.05, 0.1) is 7.11 Å². The van der Waals surface area contributed by atoms with Gasteiger partial charge >= 0.3 is 0 Å². The monoisotopic (exact) mass is 194 g/mol. The number of nitrogens with zero attached hydrogens (tertiary/aromatic N) is 2. The molecule has 0 bridgehead atoms. The van der Waals surface area contributed by atoms with E-state index >= 15 is 0 Å². The van der Waals surface area contributed by atoms with Crippen molar-refractivity contribution in [1.29, 1.82) is 0 Å². The van der Waals surface area contributed by atoms with Gasteiger partial charge in [-0.3, -0.25) is 4.79 Å². The van der Waals surface area contributed by atoms with Crippen LogP contribution in [-0.2, 0) is 0 Å². The van der Waals surface area contributed by atoms with Crippen molar-refractivity contribution in [3.05, 3.63) is 18.1 Å². The maximum absolute atomic E-state index is 11.8. The van der Waals surface area contributed by atoms with Crippen LogP contribution >= 0.6 is 0 Å². The first-order chi connectivity index (χ1) is 6.45. The molecule has 0 aliphatic rings. The quantitative estimate of drug-likeness (QED) is 0.672. The van der Waals surface area contributed by atoms with E-state index in [4.69, 9.17) is 4.74 Å². The minimum absolute atomic E-state index is 0.0156. The summed E-state index contributed by atoms with van der Waals surface area (Å²) in [6, 6.07) is 1.55. The molecular formula is C10H14N2O2. The molecule has 0 unspecified atom stereocenters. The summed E-state index contributed by atoms with van der Waals surface area (Å²) in [4.78, 5) is 19.5. The Morgan fingerprint density at radius 2 is 2.00 bits per heavy atom. The number of aromatic nitrogens is 2. The van der Waals surface area contributed by atoms with Crippen LogP contribution in [0, 0.1) is 5.41 Å². The average molecular weight is 194 g/mol. The lowest BCUT2D eigenvalue weighted by Crippen LogP contribution is -2.21. The third-order valence-corrected chi connectivity index (χ3v) is 1.76. The standard InChI is InChI=1S/C10H14N2O2/c1-10(2,3)9(13)7-5-8(14-4)12-6-11-7/h5-6H,1-4H3. The molecule has 0 aromatic carbocycles.